The van der Waals surface area contributed by atoms with E-state index in [4.69, 9.17) is 9.84 Å². The van der Waals surface area contributed by atoms with Crippen LogP contribution in [0.15, 0.2) is 76.3 Å². The minimum atomic E-state index is -0.982. The largest absolute Gasteiger partial charge is 0.488 e. The molecule has 2 N–H and O–H groups in total. The number of hydrogen-bond donors (Lipinski definition) is 2. The lowest BCUT2D eigenvalue weighted by Crippen LogP contribution is -2.00. The van der Waals surface area contributed by atoms with Gasteiger partial charge >= 0.3 is 5.97 Å². The second-order valence-electron chi connectivity index (χ2n) is 6.16. The monoisotopic (exact) mass is 469 g/mol. The fourth-order valence-electron chi connectivity index (χ4n) is 2.51. The van der Waals surface area contributed by atoms with Crippen molar-refractivity contribution in [3.8, 4) is 5.75 Å². The highest BCUT2D eigenvalue weighted by Crippen LogP contribution is 2.26. The molecule has 3 aromatic rings. The van der Waals surface area contributed by atoms with E-state index in [0.717, 1.165) is 15.6 Å². The first kappa shape index (κ1) is 21.0. The van der Waals surface area contributed by atoms with Crippen LogP contribution < -0.4 is 10.2 Å². The molecule has 30 heavy (non-hydrogen) atoms. The van der Waals surface area contributed by atoms with E-state index in [1.54, 1.807) is 42.6 Å². The summed E-state index contributed by atoms with van der Waals surface area (Å²) in [6.45, 7) is 0.231. The number of aromatic carboxylic acids is 1. The number of halogens is 1. The van der Waals surface area contributed by atoms with Gasteiger partial charge in [0, 0.05) is 12.1 Å². The zero-order valence-corrected chi connectivity index (χ0v) is 17.1. The first-order chi connectivity index (χ1) is 14.4. The Bertz CT molecular complexity index is 1100. The van der Waals surface area contributed by atoms with Crippen molar-refractivity contribution < 1.29 is 19.6 Å². The Kier molecular flexibility index (Phi) is 6.76. The van der Waals surface area contributed by atoms with E-state index in [2.05, 4.69) is 26.5 Å². The van der Waals surface area contributed by atoms with Crippen LogP contribution in [-0.4, -0.2) is 22.2 Å². The van der Waals surface area contributed by atoms with Crippen LogP contribution in [0.25, 0.3) is 0 Å². The zero-order chi connectivity index (χ0) is 21.5. The van der Waals surface area contributed by atoms with Crippen LogP contribution in [-0.2, 0) is 6.61 Å². The molecule has 9 heteroatoms. The second kappa shape index (κ2) is 9.66. The molecule has 3 aromatic carbocycles. The molecule has 0 amide bonds. The number of nitrogens with one attached hydrogen (secondary N) is 1. The molecule has 0 fully saturated rings. The second-order valence-corrected chi connectivity index (χ2v) is 7.01. The van der Waals surface area contributed by atoms with Crippen molar-refractivity contribution in [1.82, 2.24) is 0 Å². The fourth-order valence-corrected chi connectivity index (χ4v) is 3.02. The summed E-state index contributed by atoms with van der Waals surface area (Å²) >= 11 is 3.45. The van der Waals surface area contributed by atoms with E-state index in [9.17, 15) is 14.9 Å². The normalized spacial score (nSPS) is 10.7. The summed E-state index contributed by atoms with van der Waals surface area (Å²) in [5, 5.41) is 23.8. The summed E-state index contributed by atoms with van der Waals surface area (Å²) in [5.41, 5.74) is 5.21. The molecular formula is C21H16BrN3O5. The van der Waals surface area contributed by atoms with Crippen LogP contribution in [0.5, 0.6) is 5.75 Å². The standard InChI is InChI=1S/C21H16BrN3O5/c22-19-11-14(12-23-24-17-5-7-18(8-6-17)25(28)29)4-9-20(19)30-13-15-2-1-3-16(10-15)21(26)27/h1-12,24H,13H2,(H,26,27)/b23-12+. The van der Waals surface area contributed by atoms with E-state index in [0.29, 0.717) is 11.4 Å². The van der Waals surface area contributed by atoms with Crippen LogP contribution in [0.2, 0.25) is 0 Å². The van der Waals surface area contributed by atoms with Crippen molar-refractivity contribution in [3.05, 3.63) is 98.0 Å². The Labute approximate surface area is 180 Å². The number of benzene rings is 3. The zero-order valence-electron chi connectivity index (χ0n) is 15.5. The first-order valence-electron chi connectivity index (χ1n) is 8.70. The van der Waals surface area contributed by atoms with Crippen molar-refractivity contribution in [2.45, 2.75) is 6.61 Å². The van der Waals surface area contributed by atoms with Gasteiger partial charge in [0.2, 0.25) is 0 Å². The van der Waals surface area contributed by atoms with Gasteiger partial charge in [0.15, 0.2) is 0 Å². The Morgan fingerprint density at radius 1 is 1.17 bits per heavy atom. The van der Waals surface area contributed by atoms with Crippen molar-refractivity contribution in [3.63, 3.8) is 0 Å². The van der Waals surface area contributed by atoms with Gasteiger partial charge in [-0.05, 0) is 69.5 Å². The molecule has 0 unspecified atom stereocenters. The van der Waals surface area contributed by atoms with Gasteiger partial charge in [-0.2, -0.15) is 5.10 Å². The number of nitro groups is 1. The molecule has 0 atom stereocenters. The Morgan fingerprint density at radius 3 is 2.60 bits per heavy atom. The summed E-state index contributed by atoms with van der Waals surface area (Å²) in [7, 11) is 0. The number of anilines is 1. The maximum absolute atomic E-state index is 11.0. The molecule has 0 saturated carbocycles. The number of carboxylic acids is 1. The summed E-state index contributed by atoms with van der Waals surface area (Å²) in [6, 6.07) is 17.9. The smallest absolute Gasteiger partial charge is 0.335 e. The third-order valence-electron chi connectivity index (χ3n) is 4.01. The minimum absolute atomic E-state index is 0.0127. The highest BCUT2D eigenvalue weighted by atomic mass is 79.9. The molecule has 0 aliphatic heterocycles. The van der Waals surface area contributed by atoms with Crippen LogP contribution in [0.3, 0.4) is 0 Å². The van der Waals surface area contributed by atoms with E-state index in [1.165, 1.54) is 18.2 Å². The molecule has 8 nitrogen and oxygen atoms in total. The number of nitrogens with zero attached hydrogens (tertiary/aromatic N) is 2. The van der Waals surface area contributed by atoms with Crippen molar-refractivity contribution >= 4 is 39.5 Å². The summed E-state index contributed by atoms with van der Waals surface area (Å²) in [6.07, 6.45) is 1.60. The van der Waals surface area contributed by atoms with Crippen LogP contribution >= 0.6 is 15.9 Å². The van der Waals surface area contributed by atoms with Crippen LogP contribution in [0.1, 0.15) is 21.5 Å². The Hall–Kier alpha value is -3.72. The number of hydrogen-bond acceptors (Lipinski definition) is 6. The van der Waals surface area contributed by atoms with E-state index >= 15 is 0 Å². The number of ether oxygens (including phenoxy) is 1. The summed E-state index contributed by atoms with van der Waals surface area (Å²) < 4.78 is 6.48. The lowest BCUT2D eigenvalue weighted by Gasteiger charge is -2.09. The Balaban J connectivity index is 1.59. The SMILES string of the molecule is O=C(O)c1cccc(COc2ccc(/C=N/Nc3ccc([N+](=O)[O-])cc3)cc2Br)c1. The van der Waals surface area contributed by atoms with Gasteiger partial charge in [-0.15, -0.1) is 0 Å². The number of non-ortho nitro benzene ring substituents is 1. The van der Waals surface area contributed by atoms with Gasteiger partial charge in [-0.1, -0.05) is 12.1 Å². The average molecular weight is 470 g/mol. The van der Waals surface area contributed by atoms with Crippen molar-refractivity contribution in [2.75, 3.05) is 5.43 Å². The average Bonchev–Trinajstić information content (AvgIpc) is 2.73. The topological polar surface area (TPSA) is 114 Å². The molecule has 0 radical (unpaired) electrons. The van der Waals surface area contributed by atoms with Gasteiger partial charge in [0.05, 0.1) is 26.9 Å². The van der Waals surface area contributed by atoms with Crippen LogP contribution in [0, 0.1) is 10.1 Å². The first-order valence-corrected chi connectivity index (χ1v) is 9.50. The third kappa shape index (κ3) is 5.65. The molecule has 0 bridgehead atoms. The lowest BCUT2D eigenvalue weighted by molar-refractivity contribution is -0.384. The number of carboxylic acid groups (broad SMARTS) is 1. The molecule has 0 saturated heterocycles. The van der Waals surface area contributed by atoms with Crippen molar-refractivity contribution in [1.29, 1.82) is 0 Å². The third-order valence-corrected chi connectivity index (χ3v) is 4.63. The predicted molar refractivity (Wildman–Crippen MR) is 116 cm³/mol. The highest BCUT2D eigenvalue weighted by Gasteiger charge is 2.06. The molecule has 3 rings (SSSR count). The molecule has 0 aliphatic rings. The number of rotatable bonds is 8. The molecular weight excluding hydrogens is 454 g/mol. The lowest BCUT2D eigenvalue weighted by atomic mass is 10.1. The van der Waals surface area contributed by atoms with Gasteiger partial charge in [0.25, 0.3) is 5.69 Å². The predicted octanol–water partition coefficient (Wildman–Crippen LogP) is 5.08. The van der Waals surface area contributed by atoms with Crippen molar-refractivity contribution in [2.24, 2.45) is 5.10 Å². The molecule has 152 valence electrons. The van der Waals surface area contributed by atoms with E-state index < -0.39 is 10.9 Å². The van der Waals surface area contributed by atoms with Crippen LogP contribution in [0.4, 0.5) is 11.4 Å². The fraction of sp³-hybridized carbons (Fsp3) is 0.0476. The maximum Gasteiger partial charge on any atom is 0.335 e. The van der Waals surface area contributed by atoms with E-state index in [-0.39, 0.29) is 17.9 Å². The van der Waals surface area contributed by atoms with E-state index in [1.807, 2.05) is 12.1 Å². The van der Waals surface area contributed by atoms with Gasteiger partial charge in [0.1, 0.15) is 12.4 Å². The van der Waals surface area contributed by atoms with Gasteiger partial charge in [-0.3, -0.25) is 15.5 Å². The number of hydrazone groups is 1. The molecule has 0 aliphatic carbocycles. The summed E-state index contributed by atoms with van der Waals surface area (Å²) in [4.78, 5) is 21.2. The minimum Gasteiger partial charge on any atom is -0.488 e. The maximum atomic E-state index is 11.0. The Morgan fingerprint density at radius 2 is 1.93 bits per heavy atom. The van der Waals surface area contributed by atoms with Gasteiger partial charge < -0.3 is 9.84 Å². The summed E-state index contributed by atoms with van der Waals surface area (Å²) in [5.74, 6) is -0.375. The molecule has 0 spiro atoms. The number of nitro benzene ring substituents is 1. The molecule has 0 aromatic heterocycles. The quantitative estimate of drug-likeness (QED) is 0.270. The number of carbonyl (C=O) groups is 1. The van der Waals surface area contributed by atoms with Gasteiger partial charge in [-0.25, -0.2) is 4.79 Å². The molecule has 0 heterocycles. The highest BCUT2D eigenvalue weighted by molar-refractivity contribution is 9.10.